The maximum atomic E-state index is 12.8. The monoisotopic (exact) mass is 415 g/mol. The number of hydrogen-bond acceptors (Lipinski definition) is 4. The fraction of sp³-hybridized carbons (Fsp3) is 0.333. The van der Waals surface area contributed by atoms with Gasteiger partial charge in [-0.15, -0.1) is 10.2 Å². The molecule has 3 heterocycles. The van der Waals surface area contributed by atoms with Gasteiger partial charge in [0.1, 0.15) is 5.82 Å². The Morgan fingerprint density at radius 3 is 2.58 bits per heavy atom. The second kappa shape index (κ2) is 8.34. The summed E-state index contributed by atoms with van der Waals surface area (Å²) in [4.78, 5) is 26.5. The highest BCUT2D eigenvalue weighted by molar-refractivity contribution is 6.05. The average molecular weight is 415 g/mol. The van der Waals surface area contributed by atoms with Crippen molar-refractivity contribution in [2.24, 2.45) is 0 Å². The molecule has 2 aromatic carbocycles. The van der Waals surface area contributed by atoms with Gasteiger partial charge in [0.2, 0.25) is 5.91 Å². The first-order valence-corrected chi connectivity index (χ1v) is 10.9. The first-order chi connectivity index (χ1) is 15.2. The summed E-state index contributed by atoms with van der Waals surface area (Å²) in [6, 6.07) is 14.9. The second-order valence-corrected chi connectivity index (χ2v) is 8.13. The Balaban J connectivity index is 1.31. The van der Waals surface area contributed by atoms with E-state index in [1.54, 1.807) is 17.0 Å². The summed E-state index contributed by atoms with van der Waals surface area (Å²) >= 11 is 0. The van der Waals surface area contributed by atoms with Crippen LogP contribution in [0.25, 0.3) is 11.4 Å². The molecule has 0 bridgehead atoms. The van der Waals surface area contributed by atoms with Crippen LogP contribution in [0.2, 0.25) is 0 Å². The van der Waals surface area contributed by atoms with Gasteiger partial charge in [0.15, 0.2) is 5.82 Å². The molecule has 7 nitrogen and oxygen atoms in total. The van der Waals surface area contributed by atoms with E-state index in [2.05, 4.69) is 20.1 Å². The minimum absolute atomic E-state index is 0.111. The predicted octanol–water partition coefficient (Wildman–Crippen LogP) is 4.05. The van der Waals surface area contributed by atoms with E-state index in [0.717, 1.165) is 55.1 Å². The fourth-order valence-electron chi connectivity index (χ4n) is 4.34. The lowest BCUT2D eigenvalue weighted by Gasteiger charge is -2.16. The number of carbonyl (C=O) groups excluding carboxylic acids is 2. The third-order valence-corrected chi connectivity index (χ3v) is 6.00. The third-order valence-electron chi connectivity index (χ3n) is 6.00. The molecule has 0 radical (unpaired) electrons. The number of anilines is 2. The molecule has 2 aliphatic heterocycles. The molecule has 1 fully saturated rings. The van der Waals surface area contributed by atoms with E-state index in [1.165, 1.54) is 6.42 Å². The van der Waals surface area contributed by atoms with Crippen molar-refractivity contribution >= 4 is 23.2 Å². The number of nitrogens with one attached hydrogen (secondary N) is 1. The largest absolute Gasteiger partial charge is 0.322 e. The summed E-state index contributed by atoms with van der Waals surface area (Å²) in [5.74, 6) is 1.86. The molecule has 0 unspecified atom stereocenters. The first kappa shape index (κ1) is 19.5. The van der Waals surface area contributed by atoms with Crippen LogP contribution in [0.3, 0.4) is 0 Å². The Labute approximate surface area is 181 Å². The van der Waals surface area contributed by atoms with Crippen LogP contribution in [-0.2, 0) is 17.8 Å². The Bertz CT molecular complexity index is 1120. The van der Waals surface area contributed by atoms with Gasteiger partial charge in [-0.05, 0) is 61.7 Å². The van der Waals surface area contributed by atoms with Gasteiger partial charge in [-0.2, -0.15) is 0 Å². The van der Waals surface area contributed by atoms with Crippen LogP contribution in [0.5, 0.6) is 0 Å². The molecule has 0 atom stereocenters. The van der Waals surface area contributed by atoms with Crippen LogP contribution >= 0.6 is 0 Å². The molecular formula is C24H25N5O2. The lowest BCUT2D eigenvalue weighted by molar-refractivity contribution is -0.117. The summed E-state index contributed by atoms with van der Waals surface area (Å²) < 4.78 is 2.21. The highest BCUT2D eigenvalue weighted by Crippen LogP contribution is 2.25. The van der Waals surface area contributed by atoms with Crippen molar-refractivity contribution in [3.63, 3.8) is 0 Å². The molecule has 0 saturated carbocycles. The molecule has 0 spiro atoms. The van der Waals surface area contributed by atoms with Crippen LogP contribution in [0, 0.1) is 0 Å². The van der Waals surface area contributed by atoms with E-state index >= 15 is 0 Å². The van der Waals surface area contributed by atoms with Crippen molar-refractivity contribution < 1.29 is 9.59 Å². The quantitative estimate of drug-likeness (QED) is 0.697. The summed E-state index contributed by atoms with van der Waals surface area (Å²) in [6.07, 6.45) is 5.93. The van der Waals surface area contributed by atoms with Crippen LogP contribution < -0.4 is 10.2 Å². The van der Waals surface area contributed by atoms with E-state index in [1.807, 2.05) is 36.4 Å². The number of rotatable bonds is 4. The molecule has 1 aromatic heterocycles. The van der Waals surface area contributed by atoms with Crippen molar-refractivity contribution in [1.29, 1.82) is 0 Å². The molecule has 31 heavy (non-hydrogen) atoms. The topological polar surface area (TPSA) is 80.1 Å². The lowest BCUT2D eigenvalue weighted by Crippen LogP contribution is -2.24. The van der Waals surface area contributed by atoms with Gasteiger partial charge < -0.3 is 14.8 Å². The molecule has 7 heteroatoms. The number of benzene rings is 2. The number of carbonyl (C=O) groups is 2. The lowest BCUT2D eigenvalue weighted by atomic mass is 10.1. The average Bonchev–Trinajstić information content (AvgIpc) is 3.33. The van der Waals surface area contributed by atoms with Crippen molar-refractivity contribution in [2.45, 2.75) is 45.1 Å². The fourth-order valence-corrected chi connectivity index (χ4v) is 4.34. The molecular weight excluding hydrogens is 390 g/mol. The van der Waals surface area contributed by atoms with Gasteiger partial charge in [-0.1, -0.05) is 12.5 Å². The number of aromatic nitrogens is 3. The number of fused-ring (bicyclic) bond motifs is 1. The maximum Gasteiger partial charge on any atom is 0.255 e. The van der Waals surface area contributed by atoms with Crippen molar-refractivity contribution in [3.05, 3.63) is 59.9 Å². The third kappa shape index (κ3) is 3.95. The van der Waals surface area contributed by atoms with E-state index < -0.39 is 0 Å². The van der Waals surface area contributed by atoms with Crippen molar-refractivity contribution in [1.82, 2.24) is 14.8 Å². The molecule has 158 valence electrons. The van der Waals surface area contributed by atoms with Crippen molar-refractivity contribution in [2.75, 3.05) is 16.8 Å². The number of nitrogens with zero attached hydrogens (tertiary/aromatic N) is 4. The zero-order valence-electron chi connectivity index (χ0n) is 17.4. The van der Waals surface area contributed by atoms with Crippen LogP contribution in [0.15, 0.2) is 48.5 Å². The Hall–Kier alpha value is -3.48. The minimum atomic E-state index is -0.197. The summed E-state index contributed by atoms with van der Waals surface area (Å²) in [5, 5.41) is 11.7. The Morgan fingerprint density at radius 1 is 0.903 bits per heavy atom. The van der Waals surface area contributed by atoms with Crippen LogP contribution in [0.1, 0.15) is 48.3 Å². The van der Waals surface area contributed by atoms with Gasteiger partial charge in [0.25, 0.3) is 5.91 Å². The molecule has 2 amide bonds. The smallest absolute Gasteiger partial charge is 0.255 e. The van der Waals surface area contributed by atoms with Gasteiger partial charge in [-0.25, -0.2) is 0 Å². The zero-order chi connectivity index (χ0) is 21.2. The van der Waals surface area contributed by atoms with Gasteiger partial charge >= 0.3 is 0 Å². The predicted molar refractivity (Wildman–Crippen MR) is 119 cm³/mol. The Morgan fingerprint density at radius 2 is 1.77 bits per heavy atom. The maximum absolute atomic E-state index is 12.8. The molecule has 5 rings (SSSR count). The SMILES string of the molecule is O=C(Nc1ccc(-c2nnc3n2CCCCC3)cc1)c1cccc(N2CCCC2=O)c1. The summed E-state index contributed by atoms with van der Waals surface area (Å²) in [5.41, 5.74) is 3.02. The van der Waals surface area contributed by atoms with E-state index in [4.69, 9.17) is 0 Å². The number of hydrogen-bond donors (Lipinski definition) is 1. The first-order valence-electron chi connectivity index (χ1n) is 10.9. The van der Waals surface area contributed by atoms with E-state index in [9.17, 15) is 9.59 Å². The summed E-state index contributed by atoms with van der Waals surface area (Å²) in [6.45, 7) is 1.66. The van der Waals surface area contributed by atoms with Gasteiger partial charge in [0, 0.05) is 48.4 Å². The Kier molecular flexibility index (Phi) is 5.24. The standard InChI is InChI=1S/C24H25N5O2/c30-22-9-5-15-28(22)20-7-4-6-18(16-20)24(31)25-19-12-10-17(11-13-19)23-27-26-21-8-2-1-3-14-29(21)23/h4,6-7,10-13,16H,1-3,5,8-9,14-15H2,(H,25,31). The minimum Gasteiger partial charge on any atom is -0.322 e. The van der Waals surface area contributed by atoms with E-state index in [0.29, 0.717) is 24.2 Å². The normalized spacial score (nSPS) is 16.1. The van der Waals surface area contributed by atoms with Gasteiger partial charge in [-0.3, -0.25) is 9.59 Å². The van der Waals surface area contributed by atoms with E-state index in [-0.39, 0.29) is 11.8 Å². The highest BCUT2D eigenvalue weighted by Gasteiger charge is 2.22. The molecule has 3 aromatic rings. The molecule has 0 aliphatic carbocycles. The van der Waals surface area contributed by atoms with Crippen molar-refractivity contribution in [3.8, 4) is 11.4 Å². The molecule has 1 N–H and O–H groups in total. The summed E-state index contributed by atoms with van der Waals surface area (Å²) in [7, 11) is 0. The molecule has 2 aliphatic rings. The molecule has 1 saturated heterocycles. The number of amides is 2. The highest BCUT2D eigenvalue weighted by atomic mass is 16.2. The second-order valence-electron chi connectivity index (χ2n) is 8.13. The zero-order valence-corrected chi connectivity index (χ0v) is 17.4. The van der Waals surface area contributed by atoms with Gasteiger partial charge in [0.05, 0.1) is 0 Å². The number of aryl methyl sites for hydroxylation is 1. The van der Waals surface area contributed by atoms with Crippen LogP contribution in [0.4, 0.5) is 11.4 Å². The van der Waals surface area contributed by atoms with Crippen LogP contribution in [-0.4, -0.2) is 33.1 Å².